The molecule has 62 valence electrons. The fraction of sp³-hybridized carbons (Fsp3) is 0.222. The Kier molecular flexibility index (Phi) is 1.59. The molecule has 0 saturated carbocycles. The van der Waals surface area contributed by atoms with Crippen LogP contribution >= 0.6 is 0 Å². The third-order valence-corrected chi connectivity index (χ3v) is 1.95. The van der Waals surface area contributed by atoms with Gasteiger partial charge >= 0.3 is 0 Å². The van der Waals surface area contributed by atoms with E-state index in [9.17, 15) is 0 Å². The standard InChI is InChI=1S/C9H10N2O/c1-6-2-3-7-8(4-6)10-11-9(7)5-12/h2-4,12H,5H2,1H3,(H,10,11). The van der Waals surface area contributed by atoms with E-state index in [4.69, 9.17) is 5.11 Å². The van der Waals surface area contributed by atoms with Gasteiger partial charge in [0.05, 0.1) is 17.8 Å². The maximum absolute atomic E-state index is 8.92. The van der Waals surface area contributed by atoms with Crippen LogP contribution in [0, 0.1) is 6.92 Å². The van der Waals surface area contributed by atoms with Crippen LogP contribution in [-0.4, -0.2) is 15.3 Å². The summed E-state index contributed by atoms with van der Waals surface area (Å²) in [5, 5.41) is 16.8. The van der Waals surface area contributed by atoms with E-state index in [-0.39, 0.29) is 6.61 Å². The fourth-order valence-electron chi connectivity index (χ4n) is 1.30. The van der Waals surface area contributed by atoms with Crippen molar-refractivity contribution in [2.45, 2.75) is 13.5 Å². The molecule has 3 heteroatoms. The average molecular weight is 162 g/mol. The number of aromatic nitrogens is 2. The molecule has 12 heavy (non-hydrogen) atoms. The summed E-state index contributed by atoms with van der Waals surface area (Å²) in [6, 6.07) is 5.97. The van der Waals surface area contributed by atoms with Crippen molar-refractivity contribution < 1.29 is 5.11 Å². The molecule has 0 spiro atoms. The van der Waals surface area contributed by atoms with E-state index in [1.807, 2.05) is 25.1 Å². The Morgan fingerprint density at radius 1 is 1.50 bits per heavy atom. The lowest BCUT2D eigenvalue weighted by molar-refractivity contribution is 0.278. The normalized spacial score (nSPS) is 10.8. The Morgan fingerprint density at radius 2 is 2.33 bits per heavy atom. The minimum atomic E-state index is 0.0135. The zero-order valence-corrected chi connectivity index (χ0v) is 6.83. The summed E-state index contributed by atoms with van der Waals surface area (Å²) in [5.74, 6) is 0. The number of aryl methyl sites for hydroxylation is 1. The second kappa shape index (κ2) is 2.60. The first-order chi connectivity index (χ1) is 5.81. The predicted octanol–water partition coefficient (Wildman–Crippen LogP) is 1.36. The molecule has 2 N–H and O–H groups in total. The number of fused-ring (bicyclic) bond motifs is 1. The van der Waals surface area contributed by atoms with Gasteiger partial charge < -0.3 is 5.11 Å². The Morgan fingerprint density at radius 3 is 3.08 bits per heavy atom. The molecule has 2 aromatic rings. The molecule has 1 aromatic carbocycles. The van der Waals surface area contributed by atoms with E-state index < -0.39 is 0 Å². The van der Waals surface area contributed by atoms with Crippen molar-refractivity contribution in [2.75, 3.05) is 0 Å². The van der Waals surface area contributed by atoms with Crippen molar-refractivity contribution in [3.63, 3.8) is 0 Å². The summed E-state index contributed by atoms with van der Waals surface area (Å²) < 4.78 is 0. The Hall–Kier alpha value is -1.35. The van der Waals surface area contributed by atoms with Crippen LogP contribution < -0.4 is 0 Å². The second-order valence-corrected chi connectivity index (χ2v) is 2.88. The quantitative estimate of drug-likeness (QED) is 0.665. The lowest BCUT2D eigenvalue weighted by atomic mass is 10.1. The SMILES string of the molecule is Cc1ccc2c(CO)[nH]nc2c1. The van der Waals surface area contributed by atoms with Crippen LogP contribution in [0.5, 0.6) is 0 Å². The van der Waals surface area contributed by atoms with Gasteiger partial charge in [-0.15, -0.1) is 0 Å². The minimum absolute atomic E-state index is 0.0135. The summed E-state index contributed by atoms with van der Waals surface area (Å²) in [5.41, 5.74) is 2.88. The number of nitrogens with one attached hydrogen (secondary N) is 1. The second-order valence-electron chi connectivity index (χ2n) is 2.88. The fourth-order valence-corrected chi connectivity index (χ4v) is 1.30. The maximum atomic E-state index is 8.92. The van der Waals surface area contributed by atoms with E-state index in [2.05, 4.69) is 10.2 Å². The van der Waals surface area contributed by atoms with Gasteiger partial charge in [0, 0.05) is 5.39 Å². The molecule has 0 unspecified atom stereocenters. The maximum Gasteiger partial charge on any atom is 0.0927 e. The molecule has 0 aliphatic rings. The Labute approximate surface area is 70.0 Å². The smallest absolute Gasteiger partial charge is 0.0927 e. The largest absolute Gasteiger partial charge is 0.390 e. The molecule has 0 atom stereocenters. The zero-order valence-electron chi connectivity index (χ0n) is 6.83. The molecule has 3 nitrogen and oxygen atoms in total. The van der Waals surface area contributed by atoms with E-state index in [0.717, 1.165) is 16.6 Å². The van der Waals surface area contributed by atoms with Gasteiger partial charge in [-0.3, -0.25) is 5.10 Å². The predicted molar refractivity (Wildman–Crippen MR) is 46.8 cm³/mol. The number of benzene rings is 1. The summed E-state index contributed by atoms with van der Waals surface area (Å²) in [7, 11) is 0. The molecule has 0 aliphatic carbocycles. The molecule has 0 bridgehead atoms. The number of aliphatic hydroxyl groups excluding tert-OH is 1. The van der Waals surface area contributed by atoms with Crippen molar-refractivity contribution in [1.29, 1.82) is 0 Å². The molecule has 0 fully saturated rings. The third kappa shape index (κ3) is 0.987. The summed E-state index contributed by atoms with van der Waals surface area (Å²) >= 11 is 0. The van der Waals surface area contributed by atoms with Gasteiger partial charge in [0.2, 0.25) is 0 Å². The molecule has 0 aliphatic heterocycles. The van der Waals surface area contributed by atoms with Crippen LogP contribution in [0.4, 0.5) is 0 Å². The number of H-pyrrole nitrogens is 1. The molecule has 1 heterocycles. The highest BCUT2D eigenvalue weighted by molar-refractivity contribution is 5.81. The number of hydrogen-bond acceptors (Lipinski definition) is 2. The van der Waals surface area contributed by atoms with Crippen LogP contribution in [0.25, 0.3) is 10.9 Å². The molecule has 0 radical (unpaired) electrons. The number of aliphatic hydroxyl groups is 1. The highest BCUT2D eigenvalue weighted by Crippen LogP contribution is 2.16. The first kappa shape index (κ1) is 7.31. The number of aromatic amines is 1. The molecular weight excluding hydrogens is 152 g/mol. The lowest BCUT2D eigenvalue weighted by Crippen LogP contribution is -1.82. The molecule has 0 saturated heterocycles. The van der Waals surface area contributed by atoms with Gasteiger partial charge in [0.25, 0.3) is 0 Å². The highest BCUT2D eigenvalue weighted by atomic mass is 16.3. The summed E-state index contributed by atoms with van der Waals surface area (Å²) in [6.45, 7) is 2.03. The summed E-state index contributed by atoms with van der Waals surface area (Å²) in [6.07, 6.45) is 0. The van der Waals surface area contributed by atoms with Crippen molar-refractivity contribution in [1.82, 2.24) is 10.2 Å². The lowest BCUT2D eigenvalue weighted by Gasteiger charge is -1.92. The van der Waals surface area contributed by atoms with Gasteiger partial charge in [0.15, 0.2) is 0 Å². The van der Waals surface area contributed by atoms with Crippen molar-refractivity contribution >= 4 is 10.9 Å². The molecular formula is C9H10N2O. The average Bonchev–Trinajstić information content (AvgIpc) is 2.46. The van der Waals surface area contributed by atoms with Crippen molar-refractivity contribution in [2.24, 2.45) is 0 Å². The van der Waals surface area contributed by atoms with Gasteiger partial charge in [-0.2, -0.15) is 5.10 Å². The van der Waals surface area contributed by atoms with E-state index in [1.165, 1.54) is 5.56 Å². The Bertz CT molecular complexity index is 406. The first-order valence-corrected chi connectivity index (χ1v) is 3.86. The van der Waals surface area contributed by atoms with Crippen LogP contribution in [0.1, 0.15) is 11.3 Å². The van der Waals surface area contributed by atoms with Crippen molar-refractivity contribution in [3.8, 4) is 0 Å². The highest BCUT2D eigenvalue weighted by Gasteiger charge is 2.02. The van der Waals surface area contributed by atoms with Crippen LogP contribution in [0.2, 0.25) is 0 Å². The molecule has 1 aromatic heterocycles. The third-order valence-electron chi connectivity index (χ3n) is 1.95. The summed E-state index contributed by atoms with van der Waals surface area (Å²) in [4.78, 5) is 0. The topological polar surface area (TPSA) is 48.9 Å². The van der Waals surface area contributed by atoms with E-state index >= 15 is 0 Å². The van der Waals surface area contributed by atoms with Gasteiger partial charge in [0.1, 0.15) is 0 Å². The molecule has 2 rings (SSSR count). The van der Waals surface area contributed by atoms with E-state index in [1.54, 1.807) is 0 Å². The first-order valence-electron chi connectivity index (χ1n) is 3.86. The number of hydrogen-bond donors (Lipinski definition) is 2. The Balaban J connectivity index is 2.73. The van der Waals surface area contributed by atoms with Gasteiger partial charge in [-0.25, -0.2) is 0 Å². The van der Waals surface area contributed by atoms with Crippen LogP contribution in [0.15, 0.2) is 18.2 Å². The van der Waals surface area contributed by atoms with Gasteiger partial charge in [-0.1, -0.05) is 12.1 Å². The van der Waals surface area contributed by atoms with Crippen LogP contribution in [0.3, 0.4) is 0 Å². The van der Waals surface area contributed by atoms with Crippen molar-refractivity contribution in [3.05, 3.63) is 29.5 Å². The molecule has 0 amide bonds. The van der Waals surface area contributed by atoms with E-state index in [0.29, 0.717) is 0 Å². The minimum Gasteiger partial charge on any atom is -0.390 e. The monoisotopic (exact) mass is 162 g/mol. The zero-order chi connectivity index (χ0) is 8.55. The van der Waals surface area contributed by atoms with Gasteiger partial charge in [-0.05, 0) is 18.6 Å². The number of nitrogens with zero attached hydrogens (tertiary/aromatic N) is 1. The van der Waals surface area contributed by atoms with Crippen LogP contribution in [-0.2, 0) is 6.61 Å². The number of rotatable bonds is 1.